The van der Waals surface area contributed by atoms with E-state index in [0.717, 1.165) is 44.6 Å². The monoisotopic (exact) mass is 611 g/mol. The van der Waals surface area contributed by atoms with E-state index < -0.39 is 7.14 Å². The minimum Gasteiger partial charge on any atom is -0.456 e. The van der Waals surface area contributed by atoms with Gasteiger partial charge in [0.1, 0.15) is 28.3 Å². The normalized spacial score (nSPS) is 15.5. The lowest BCUT2D eigenvalue weighted by Crippen LogP contribution is -2.35. The Bertz CT molecular complexity index is 2260. The average molecular weight is 612 g/mol. The van der Waals surface area contributed by atoms with Crippen molar-refractivity contribution in [3.05, 3.63) is 158 Å². The van der Waals surface area contributed by atoms with Crippen LogP contribution < -0.4 is 25.4 Å². The van der Waals surface area contributed by atoms with E-state index in [1.165, 1.54) is 0 Å². The molecule has 1 atom stereocenters. The van der Waals surface area contributed by atoms with Crippen molar-refractivity contribution in [1.29, 1.82) is 0 Å². The number of benzene rings is 6. The van der Waals surface area contributed by atoms with Crippen molar-refractivity contribution < 1.29 is 14.0 Å². The van der Waals surface area contributed by atoms with Gasteiger partial charge in [0.25, 0.3) is 0 Å². The van der Waals surface area contributed by atoms with Crippen LogP contribution in [0.4, 0.5) is 0 Å². The lowest BCUT2D eigenvalue weighted by atomic mass is 10.0. The van der Waals surface area contributed by atoms with E-state index in [9.17, 15) is 0 Å². The summed E-state index contributed by atoms with van der Waals surface area (Å²) in [6.45, 7) is 0. The Morgan fingerprint density at radius 2 is 1.00 bits per heavy atom. The molecule has 2 aliphatic heterocycles. The maximum absolute atomic E-state index is 16.2. The highest BCUT2D eigenvalue weighted by atomic mass is 31.2. The van der Waals surface area contributed by atoms with Crippen LogP contribution >= 0.6 is 7.14 Å². The van der Waals surface area contributed by atoms with E-state index in [1.807, 2.05) is 103 Å². The highest BCUT2D eigenvalue weighted by Crippen LogP contribution is 2.60. The van der Waals surface area contributed by atoms with Crippen molar-refractivity contribution in [3.8, 4) is 67.6 Å². The third-order valence-electron chi connectivity index (χ3n) is 8.81. The number of hydrogen-bond donors (Lipinski definition) is 0. The lowest BCUT2D eigenvalue weighted by molar-refractivity contribution is 0.463. The summed E-state index contributed by atoms with van der Waals surface area (Å²) in [7, 11) is -3.47. The maximum atomic E-state index is 16.2. The molecule has 5 heteroatoms. The van der Waals surface area contributed by atoms with Crippen LogP contribution in [0, 0.1) is 0 Å². The van der Waals surface area contributed by atoms with E-state index >= 15 is 4.57 Å². The zero-order valence-electron chi connectivity index (χ0n) is 24.6. The van der Waals surface area contributed by atoms with Crippen LogP contribution in [0.1, 0.15) is 0 Å². The highest BCUT2D eigenvalue weighted by Gasteiger charge is 2.47. The number of rotatable bonds is 4. The van der Waals surface area contributed by atoms with Gasteiger partial charge in [0.05, 0.1) is 16.3 Å². The maximum Gasteiger partial charge on any atom is 0.185 e. The standard InChI is InChI=1S/C41H26NO3P/c43-46-38-25-31(27-9-3-1-4-10-27)18-21-35(38)44-37-23-20-33(29-14-16-30(17-15-29)34-13-7-8-24-42-34)40(41(37)46)45-36-22-19-32(26-39(36)46)28-11-5-2-6-12-28/h1-26H/t46-/m0/s1. The van der Waals surface area contributed by atoms with Crippen LogP contribution in [-0.4, -0.2) is 4.98 Å². The van der Waals surface area contributed by atoms with Gasteiger partial charge in [-0.15, -0.1) is 0 Å². The van der Waals surface area contributed by atoms with Gasteiger partial charge in [-0.2, -0.15) is 0 Å². The fraction of sp³-hybridized carbons (Fsp3) is 0. The Balaban J connectivity index is 1.27. The summed E-state index contributed by atoms with van der Waals surface area (Å²) in [6.07, 6.45) is 1.80. The number of nitrogens with zero attached hydrogens (tertiary/aromatic N) is 1. The zero-order chi connectivity index (χ0) is 30.7. The lowest BCUT2D eigenvalue weighted by Gasteiger charge is -2.36. The molecule has 2 aliphatic rings. The molecule has 0 aliphatic carbocycles. The molecule has 0 N–H and O–H groups in total. The number of fused-ring (bicyclic) bond motifs is 4. The molecule has 0 fully saturated rings. The molecular formula is C41H26NO3P. The first kappa shape index (κ1) is 26.7. The van der Waals surface area contributed by atoms with Gasteiger partial charge in [-0.25, -0.2) is 0 Å². The van der Waals surface area contributed by atoms with Crippen LogP contribution in [0.15, 0.2) is 158 Å². The number of aromatic nitrogens is 1. The van der Waals surface area contributed by atoms with Gasteiger partial charge >= 0.3 is 0 Å². The SMILES string of the molecule is O=[P@]12c3cc(-c4ccccc4)ccc3Oc3ccc(-c4ccc(-c5ccccn5)cc4)c(c31)Oc1ccc(-c3ccccc3)cc12. The van der Waals surface area contributed by atoms with Crippen molar-refractivity contribution in [2.24, 2.45) is 0 Å². The minimum absolute atomic E-state index is 0.558. The molecule has 0 amide bonds. The van der Waals surface area contributed by atoms with E-state index in [0.29, 0.717) is 38.9 Å². The van der Waals surface area contributed by atoms with Crippen molar-refractivity contribution in [1.82, 2.24) is 4.98 Å². The fourth-order valence-electron chi connectivity index (χ4n) is 6.54. The summed E-state index contributed by atoms with van der Waals surface area (Å²) in [5.41, 5.74) is 7.81. The van der Waals surface area contributed by atoms with E-state index in [2.05, 4.69) is 53.5 Å². The van der Waals surface area contributed by atoms with Gasteiger partial charge in [-0.05, 0) is 76.3 Å². The second-order valence-electron chi connectivity index (χ2n) is 11.5. The summed E-state index contributed by atoms with van der Waals surface area (Å²) >= 11 is 0. The largest absolute Gasteiger partial charge is 0.456 e. The molecule has 0 saturated carbocycles. The van der Waals surface area contributed by atoms with Crippen molar-refractivity contribution in [2.45, 2.75) is 0 Å². The summed E-state index contributed by atoms with van der Waals surface area (Å²) < 4.78 is 29.4. The Kier molecular flexibility index (Phi) is 6.06. The minimum atomic E-state index is -3.47. The Morgan fingerprint density at radius 3 is 1.61 bits per heavy atom. The predicted molar refractivity (Wildman–Crippen MR) is 186 cm³/mol. The second kappa shape index (κ2) is 10.4. The van der Waals surface area contributed by atoms with Crippen LogP contribution in [0.25, 0.3) is 44.6 Å². The molecular weight excluding hydrogens is 585 g/mol. The van der Waals surface area contributed by atoms with Crippen LogP contribution in [0.3, 0.4) is 0 Å². The van der Waals surface area contributed by atoms with E-state index in [-0.39, 0.29) is 0 Å². The first-order valence-corrected chi connectivity index (χ1v) is 16.9. The topological polar surface area (TPSA) is 48.4 Å². The molecule has 46 heavy (non-hydrogen) atoms. The molecule has 3 heterocycles. The molecule has 1 aromatic heterocycles. The number of pyridine rings is 1. The summed E-state index contributed by atoms with van der Waals surface area (Å²) in [5.74, 6) is 2.33. The molecule has 0 bridgehead atoms. The van der Waals surface area contributed by atoms with Crippen molar-refractivity contribution in [3.63, 3.8) is 0 Å². The first-order chi connectivity index (χ1) is 22.7. The predicted octanol–water partition coefficient (Wildman–Crippen LogP) is 9.60. The Morgan fingerprint density at radius 1 is 0.457 bits per heavy atom. The fourth-order valence-corrected chi connectivity index (χ4v) is 9.66. The molecule has 0 radical (unpaired) electrons. The Labute approximate surface area is 266 Å². The van der Waals surface area contributed by atoms with Crippen molar-refractivity contribution in [2.75, 3.05) is 0 Å². The average Bonchev–Trinajstić information content (AvgIpc) is 3.13. The molecule has 9 rings (SSSR count). The third-order valence-corrected chi connectivity index (χ3v) is 11.9. The van der Waals surface area contributed by atoms with Gasteiger partial charge in [0.2, 0.25) is 0 Å². The summed E-state index contributed by atoms with van der Waals surface area (Å²) in [5, 5.41) is 1.97. The van der Waals surface area contributed by atoms with Crippen LogP contribution in [-0.2, 0) is 4.57 Å². The summed E-state index contributed by atoms with van der Waals surface area (Å²) in [6, 6.07) is 50.5. The smallest absolute Gasteiger partial charge is 0.185 e. The highest BCUT2D eigenvalue weighted by molar-refractivity contribution is 7.86. The van der Waals surface area contributed by atoms with Crippen LogP contribution in [0.2, 0.25) is 0 Å². The third kappa shape index (κ3) is 4.15. The van der Waals surface area contributed by atoms with E-state index in [4.69, 9.17) is 9.47 Å². The van der Waals surface area contributed by atoms with Gasteiger partial charge in [0, 0.05) is 17.3 Å². The van der Waals surface area contributed by atoms with Gasteiger partial charge in [0.15, 0.2) is 7.14 Å². The molecule has 0 spiro atoms. The number of hydrogen-bond acceptors (Lipinski definition) is 4. The molecule has 6 aromatic carbocycles. The molecule has 4 nitrogen and oxygen atoms in total. The second-order valence-corrected chi connectivity index (χ2v) is 14.1. The first-order valence-electron chi connectivity index (χ1n) is 15.2. The molecule has 7 aromatic rings. The van der Waals surface area contributed by atoms with Crippen LogP contribution in [0.5, 0.6) is 23.0 Å². The van der Waals surface area contributed by atoms with E-state index in [1.54, 1.807) is 6.20 Å². The van der Waals surface area contributed by atoms with Gasteiger partial charge < -0.3 is 14.0 Å². The molecule has 218 valence electrons. The van der Waals surface area contributed by atoms with Gasteiger partial charge in [-0.3, -0.25) is 4.98 Å². The zero-order valence-corrected chi connectivity index (χ0v) is 25.5. The summed E-state index contributed by atoms with van der Waals surface area (Å²) in [4.78, 5) is 4.50. The quantitative estimate of drug-likeness (QED) is 0.186. The number of ether oxygens (including phenoxy) is 2. The molecule has 0 saturated heterocycles. The van der Waals surface area contributed by atoms with Gasteiger partial charge in [-0.1, -0.05) is 103 Å². The van der Waals surface area contributed by atoms with Crippen molar-refractivity contribution >= 4 is 23.1 Å². The Hall–Kier alpha value is -5.70. The molecule has 0 unspecified atom stereocenters.